The van der Waals surface area contributed by atoms with E-state index >= 15 is 0 Å². The van der Waals surface area contributed by atoms with Gasteiger partial charge >= 0.3 is 6.18 Å². The molecule has 0 atom stereocenters. The van der Waals surface area contributed by atoms with E-state index in [0.717, 1.165) is 43.4 Å². The van der Waals surface area contributed by atoms with Crippen LogP contribution in [-0.4, -0.2) is 37.7 Å². The number of rotatable bonds is 4. The molecule has 0 aliphatic carbocycles. The molecule has 8 heteroatoms. The fourth-order valence-electron chi connectivity index (χ4n) is 4.05. The Labute approximate surface area is 167 Å². The van der Waals surface area contributed by atoms with Gasteiger partial charge in [0.05, 0.1) is 6.20 Å². The molecule has 3 aromatic rings. The molecule has 1 aliphatic heterocycles. The Bertz CT molecular complexity index is 973. The number of hydrogen-bond donors (Lipinski definition) is 0. The van der Waals surface area contributed by atoms with Crippen molar-refractivity contribution in [2.75, 3.05) is 13.1 Å². The summed E-state index contributed by atoms with van der Waals surface area (Å²) >= 11 is 0. The van der Waals surface area contributed by atoms with Crippen LogP contribution in [0.1, 0.15) is 55.5 Å². The van der Waals surface area contributed by atoms with Gasteiger partial charge in [-0.1, -0.05) is 0 Å². The zero-order valence-corrected chi connectivity index (χ0v) is 16.5. The lowest BCUT2D eigenvalue weighted by molar-refractivity contribution is -0.141. The molecule has 154 valence electrons. The molecule has 0 bridgehead atoms. The lowest BCUT2D eigenvalue weighted by Crippen LogP contribution is -2.32. The predicted molar refractivity (Wildman–Crippen MR) is 104 cm³/mol. The molecule has 29 heavy (non-hydrogen) atoms. The van der Waals surface area contributed by atoms with Gasteiger partial charge in [-0.15, -0.1) is 0 Å². The molecule has 1 aliphatic rings. The first-order chi connectivity index (χ1) is 13.8. The van der Waals surface area contributed by atoms with E-state index in [1.54, 1.807) is 23.3 Å². The minimum Gasteiger partial charge on any atom is -0.299 e. The molecule has 0 spiro atoms. The lowest BCUT2D eigenvalue weighted by Gasteiger charge is -2.32. The van der Waals surface area contributed by atoms with Crippen LogP contribution in [0.5, 0.6) is 0 Å². The molecule has 5 nitrogen and oxygen atoms in total. The van der Waals surface area contributed by atoms with Crippen LogP contribution in [0.2, 0.25) is 0 Å². The smallest absolute Gasteiger partial charge is 0.299 e. The summed E-state index contributed by atoms with van der Waals surface area (Å²) in [5.74, 6) is 0.0695. The normalized spacial score (nSPS) is 16.8. The SMILES string of the molecule is CC(C)n1ncc2c(C3CCN(Cc4ccncc4)CC3)cc(C(F)(F)F)nc21. The zero-order chi connectivity index (χ0) is 20.6. The predicted octanol–water partition coefficient (Wildman–Crippen LogP) is 4.81. The number of aromatic nitrogens is 4. The van der Waals surface area contributed by atoms with Crippen molar-refractivity contribution in [2.24, 2.45) is 0 Å². The Balaban J connectivity index is 1.60. The van der Waals surface area contributed by atoms with E-state index in [-0.39, 0.29) is 12.0 Å². The Morgan fingerprint density at radius 1 is 1.14 bits per heavy atom. The highest BCUT2D eigenvalue weighted by atomic mass is 19.4. The van der Waals surface area contributed by atoms with E-state index in [1.165, 1.54) is 11.6 Å². The number of hydrogen-bond acceptors (Lipinski definition) is 4. The van der Waals surface area contributed by atoms with Gasteiger partial charge in [0.25, 0.3) is 0 Å². The Hall–Kier alpha value is -2.48. The van der Waals surface area contributed by atoms with E-state index in [0.29, 0.717) is 5.65 Å². The van der Waals surface area contributed by atoms with Crippen LogP contribution < -0.4 is 0 Å². The second-order valence-corrected chi connectivity index (χ2v) is 7.92. The largest absolute Gasteiger partial charge is 0.433 e. The van der Waals surface area contributed by atoms with Gasteiger partial charge in [-0.25, -0.2) is 9.67 Å². The van der Waals surface area contributed by atoms with Gasteiger partial charge in [0.15, 0.2) is 5.65 Å². The molecule has 4 rings (SSSR count). The third-order valence-electron chi connectivity index (χ3n) is 5.56. The van der Waals surface area contributed by atoms with E-state index in [9.17, 15) is 13.2 Å². The molecule has 0 radical (unpaired) electrons. The van der Waals surface area contributed by atoms with Gasteiger partial charge in [0.1, 0.15) is 5.69 Å². The maximum absolute atomic E-state index is 13.5. The summed E-state index contributed by atoms with van der Waals surface area (Å²) < 4.78 is 42.1. The molecule has 0 unspecified atom stereocenters. The number of piperidine rings is 1. The maximum Gasteiger partial charge on any atom is 0.433 e. The number of fused-ring (bicyclic) bond motifs is 1. The quantitative estimate of drug-likeness (QED) is 0.628. The Morgan fingerprint density at radius 3 is 2.45 bits per heavy atom. The monoisotopic (exact) mass is 403 g/mol. The minimum atomic E-state index is -4.48. The van der Waals surface area contributed by atoms with E-state index in [2.05, 4.69) is 20.0 Å². The standard InChI is InChI=1S/C21H24F3N5/c1-14(2)29-20-18(12-26-29)17(11-19(27-20)21(22,23)24)16-5-9-28(10-6-16)13-15-3-7-25-8-4-15/h3-4,7-8,11-12,14,16H,5-6,9-10,13H2,1-2H3. The van der Waals surface area contributed by atoms with E-state index < -0.39 is 11.9 Å². The van der Waals surface area contributed by atoms with Gasteiger partial charge in [-0.05, 0) is 75.0 Å². The topological polar surface area (TPSA) is 46.8 Å². The fraction of sp³-hybridized carbons (Fsp3) is 0.476. The summed E-state index contributed by atoms with van der Waals surface area (Å²) in [6.45, 7) is 6.31. The third kappa shape index (κ3) is 4.12. The first-order valence-electron chi connectivity index (χ1n) is 9.89. The summed E-state index contributed by atoms with van der Waals surface area (Å²) in [6, 6.07) is 5.17. The number of likely N-dealkylation sites (tertiary alicyclic amines) is 1. The van der Waals surface area contributed by atoms with Crippen molar-refractivity contribution < 1.29 is 13.2 Å². The van der Waals surface area contributed by atoms with Gasteiger partial charge in [0, 0.05) is 30.4 Å². The van der Waals surface area contributed by atoms with Crippen molar-refractivity contribution in [3.05, 3.63) is 53.6 Å². The van der Waals surface area contributed by atoms with E-state index in [1.807, 2.05) is 26.0 Å². The molecule has 0 aromatic carbocycles. The van der Waals surface area contributed by atoms with Crippen LogP contribution in [-0.2, 0) is 12.7 Å². The molecular weight excluding hydrogens is 379 g/mol. The minimum absolute atomic E-state index is 0.0569. The van der Waals surface area contributed by atoms with Crippen LogP contribution >= 0.6 is 0 Å². The Kier molecular flexibility index (Phi) is 5.29. The van der Waals surface area contributed by atoms with Gasteiger partial charge in [0.2, 0.25) is 0 Å². The number of nitrogens with zero attached hydrogens (tertiary/aromatic N) is 5. The van der Waals surface area contributed by atoms with Crippen molar-refractivity contribution in [2.45, 2.75) is 51.4 Å². The molecule has 1 fully saturated rings. The summed E-state index contributed by atoms with van der Waals surface area (Å²) in [4.78, 5) is 10.3. The fourth-order valence-corrected chi connectivity index (χ4v) is 4.05. The third-order valence-corrected chi connectivity index (χ3v) is 5.56. The Morgan fingerprint density at radius 2 is 1.83 bits per heavy atom. The van der Waals surface area contributed by atoms with Crippen molar-refractivity contribution >= 4 is 11.0 Å². The molecule has 0 saturated carbocycles. The highest BCUT2D eigenvalue weighted by Gasteiger charge is 2.35. The van der Waals surface area contributed by atoms with Gasteiger partial charge in [-0.2, -0.15) is 18.3 Å². The van der Waals surface area contributed by atoms with Crippen LogP contribution in [0.25, 0.3) is 11.0 Å². The van der Waals surface area contributed by atoms with E-state index in [4.69, 9.17) is 0 Å². The second kappa shape index (κ2) is 7.74. The number of alkyl halides is 3. The van der Waals surface area contributed by atoms with Crippen molar-refractivity contribution in [3.63, 3.8) is 0 Å². The van der Waals surface area contributed by atoms with Crippen LogP contribution in [0.3, 0.4) is 0 Å². The molecule has 0 N–H and O–H groups in total. The molecule has 4 heterocycles. The first kappa shape index (κ1) is 19.8. The maximum atomic E-state index is 13.5. The molecular formula is C21H24F3N5. The summed E-state index contributed by atoms with van der Waals surface area (Å²) in [5.41, 5.74) is 1.41. The highest BCUT2D eigenvalue weighted by molar-refractivity contribution is 5.80. The van der Waals surface area contributed by atoms with Crippen molar-refractivity contribution in [3.8, 4) is 0 Å². The van der Waals surface area contributed by atoms with Crippen molar-refractivity contribution in [1.29, 1.82) is 0 Å². The molecule has 1 saturated heterocycles. The van der Waals surface area contributed by atoms with Gasteiger partial charge < -0.3 is 0 Å². The molecule has 3 aromatic heterocycles. The van der Waals surface area contributed by atoms with Crippen LogP contribution in [0, 0.1) is 0 Å². The highest BCUT2D eigenvalue weighted by Crippen LogP contribution is 2.37. The average molecular weight is 403 g/mol. The van der Waals surface area contributed by atoms with Crippen LogP contribution in [0.15, 0.2) is 36.8 Å². The average Bonchev–Trinajstić information content (AvgIpc) is 3.12. The molecule has 0 amide bonds. The lowest BCUT2D eigenvalue weighted by atomic mass is 9.87. The van der Waals surface area contributed by atoms with Gasteiger partial charge in [-0.3, -0.25) is 9.88 Å². The number of halogens is 3. The van der Waals surface area contributed by atoms with Crippen molar-refractivity contribution in [1.82, 2.24) is 24.6 Å². The summed E-state index contributed by atoms with van der Waals surface area (Å²) in [5, 5.41) is 5.05. The first-order valence-corrected chi connectivity index (χ1v) is 9.89. The number of pyridine rings is 2. The second-order valence-electron chi connectivity index (χ2n) is 7.92. The summed E-state index contributed by atoms with van der Waals surface area (Å²) in [7, 11) is 0. The van der Waals surface area contributed by atoms with Crippen LogP contribution in [0.4, 0.5) is 13.2 Å². The summed E-state index contributed by atoms with van der Waals surface area (Å²) in [6.07, 6.45) is 2.38. The zero-order valence-electron chi connectivity index (χ0n) is 16.5.